The van der Waals surface area contributed by atoms with E-state index in [0.29, 0.717) is 78.2 Å². The number of hydrogen-bond acceptors (Lipinski definition) is 26. The van der Waals surface area contributed by atoms with E-state index in [0.717, 1.165) is 156 Å². The van der Waals surface area contributed by atoms with Gasteiger partial charge in [-0.1, -0.05) is 19.6 Å². The van der Waals surface area contributed by atoms with E-state index < -0.39 is 23.7 Å². The fourth-order valence-corrected chi connectivity index (χ4v) is 11.2. The Labute approximate surface area is 533 Å². The maximum Gasteiger partial charge on any atom is 0.500 e. The van der Waals surface area contributed by atoms with Gasteiger partial charge in [-0.3, -0.25) is 4.90 Å². The maximum atomic E-state index is 10.6. The first kappa shape index (κ1) is 90.1. The van der Waals surface area contributed by atoms with E-state index in [4.69, 9.17) is 59.7 Å². The number of epoxide rings is 1. The molecule has 1 aliphatic rings. The summed E-state index contributed by atoms with van der Waals surface area (Å²) >= 11 is 0. The second kappa shape index (κ2) is 65.0. The lowest BCUT2D eigenvalue weighted by atomic mass is 10.3. The summed E-state index contributed by atoms with van der Waals surface area (Å²) in [5.41, 5.74) is 0. The van der Waals surface area contributed by atoms with Crippen molar-refractivity contribution in [3.05, 3.63) is 25.3 Å². The number of hydrogen-bond donors (Lipinski definition) is 8. The zero-order valence-corrected chi connectivity index (χ0v) is 58.8. The predicted octanol–water partition coefficient (Wildman–Crippen LogP) is -0.224. The van der Waals surface area contributed by atoms with Crippen LogP contribution >= 0.6 is 0 Å². The highest BCUT2D eigenvalue weighted by Gasteiger charge is 2.38. The molecule has 1 rings (SSSR count). The van der Waals surface area contributed by atoms with Gasteiger partial charge in [0.1, 0.15) is 6.10 Å². The van der Waals surface area contributed by atoms with Gasteiger partial charge in [0.05, 0.1) is 77.8 Å². The number of nitrogens with one attached hydrogen (secondary N) is 7. The van der Waals surface area contributed by atoms with Crippen molar-refractivity contribution in [2.45, 2.75) is 56.8 Å². The molecular formula is C59H136N12O14Si2. The molecule has 28 heteroatoms. The van der Waals surface area contributed by atoms with Crippen molar-refractivity contribution in [3.8, 4) is 0 Å². The molecular weight excluding hydrogens is 1160 g/mol. The first-order valence-electron chi connectivity index (χ1n) is 31.2. The van der Waals surface area contributed by atoms with E-state index in [1.54, 1.807) is 54.8 Å². The normalized spacial score (nSPS) is 14.5. The Balaban J connectivity index is -0.00000136. The molecule has 0 spiro atoms. The van der Waals surface area contributed by atoms with Gasteiger partial charge < -0.3 is 122 Å². The van der Waals surface area contributed by atoms with Gasteiger partial charge in [0.25, 0.3) is 0 Å². The average molecular weight is 1290 g/mol. The average Bonchev–Trinajstić information content (AvgIpc) is 4.49. The van der Waals surface area contributed by atoms with E-state index in [2.05, 4.69) is 131 Å². The van der Waals surface area contributed by atoms with Crippen molar-refractivity contribution in [3.63, 3.8) is 0 Å². The SMILES string of the molecule is C.C=CCOCC(CNCCNCCN(C)C)OCCNCCN(CCN(C)C)CC(O)COCCC[Si](OC)(OC)OC.C=CCOCC(CNCCNCCN(C)C)OCCNCCNCCN(C)C.CO[Si](CCCOCC1CO1)(OC)OC. The molecule has 1 saturated heterocycles. The highest BCUT2D eigenvalue weighted by molar-refractivity contribution is 6.60. The molecule has 1 heterocycles. The standard InChI is InChI=1S/C29H66N6O7Si.C20H46N6O2.C9H20O5Si.CH4/c1-9-20-40-27-29(24-32-12-11-30-13-16-33(2)3)42-22-15-31-14-17-35(19-18-34(4)5)25-28(36)26-41-21-10-23-43(37-6,38-7)39-8;1-6-16-27-19-20(18-24-10-9-22-12-15-26(4)5)28-17-13-23-8-7-21-11-14-25(2)3;1-10-15(11-2,12-3)6-4-5-13-7-9-8-14-9;/h9,28-32,36H,1,10-27H2,2-8H3;6,20-24H,1,7-19H2,2-5H3;9H,4-8H2,1-3H3;1H4. The fourth-order valence-electron chi connectivity index (χ4n) is 7.80. The molecule has 26 nitrogen and oxygen atoms in total. The molecule has 0 saturated carbocycles. The number of ether oxygens (including phenoxy) is 7. The van der Waals surface area contributed by atoms with Crippen molar-refractivity contribution in [2.75, 3.05) is 309 Å². The second-order valence-corrected chi connectivity index (χ2v) is 28.0. The van der Waals surface area contributed by atoms with Crippen LogP contribution in [0.5, 0.6) is 0 Å². The van der Waals surface area contributed by atoms with Crippen LogP contribution in [0.25, 0.3) is 0 Å². The first-order chi connectivity index (χ1) is 41.5. The Bertz CT molecular complexity index is 1420. The molecule has 524 valence electrons. The van der Waals surface area contributed by atoms with Crippen LogP contribution < -0.4 is 37.2 Å². The van der Waals surface area contributed by atoms with Crippen LogP contribution in [0.15, 0.2) is 25.3 Å². The summed E-state index contributed by atoms with van der Waals surface area (Å²) in [6, 6.07) is 1.45. The van der Waals surface area contributed by atoms with Crippen molar-refractivity contribution < 1.29 is 64.8 Å². The summed E-state index contributed by atoms with van der Waals surface area (Å²) < 4.78 is 71.7. The molecule has 87 heavy (non-hydrogen) atoms. The van der Waals surface area contributed by atoms with E-state index in [1.165, 1.54) is 0 Å². The van der Waals surface area contributed by atoms with Gasteiger partial charge in [-0.15, -0.1) is 13.2 Å². The monoisotopic (exact) mass is 1290 g/mol. The summed E-state index contributed by atoms with van der Waals surface area (Å²) in [6.45, 7) is 32.7. The maximum absolute atomic E-state index is 10.6. The van der Waals surface area contributed by atoms with Crippen LogP contribution in [0.2, 0.25) is 12.1 Å². The minimum Gasteiger partial charge on any atom is -0.389 e. The Morgan fingerprint density at radius 2 is 0.839 bits per heavy atom. The van der Waals surface area contributed by atoms with Gasteiger partial charge in [0.2, 0.25) is 0 Å². The van der Waals surface area contributed by atoms with E-state index >= 15 is 0 Å². The Morgan fingerprint density at radius 1 is 0.471 bits per heavy atom. The lowest BCUT2D eigenvalue weighted by Gasteiger charge is -2.27. The van der Waals surface area contributed by atoms with Gasteiger partial charge in [0.15, 0.2) is 0 Å². The highest BCUT2D eigenvalue weighted by Crippen LogP contribution is 2.16. The molecule has 0 amide bonds. The number of aliphatic hydroxyl groups excluding tert-OH is 1. The van der Waals surface area contributed by atoms with Crippen LogP contribution in [0.1, 0.15) is 20.3 Å². The molecule has 0 aromatic carbocycles. The van der Waals surface area contributed by atoms with E-state index in [1.807, 2.05) is 0 Å². The summed E-state index contributed by atoms with van der Waals surface area (Å²) in [5.74, 6) is 0. The Kier molecular flexibility index (Phi) is 67.2. The molecule has 4 unspecified atom stereocenters. The van der Waals surface area contributed by atoms with Crippen LogP contribution in [0.3, 0.4) is 0 Å². The van der Waals surface area contributed by atoms with Crippen LogP contribution in [0, 0.1) is 0 Å². The number of nitrogens with zero attached hydrogens (tertiary/aromatic N) is 5. The third kappa shape index (κ3) is 60.9. The lowest BCUT2D eigenvalue weighted by Crippen LogP contribution is -2.43. The quantitative estimate of drug-likeness (QED) is 0.0170. The first-order valence-corrected chi connectivity index (χ1v) is 35.0. The molecule has 1 fully saturated rings. The predicted molar refractivity (Wildman–Crippen MR) is 359 cm³/mol. The third-order valence-electron chi connectivity index (χ3n) is 13.1. The summed E-state index contributed by atoms with van der Waals surface area (Å²) in [7, 11) is 21.3. The largest absolute Gasteiger partial charge is 0.500 e. The lowest BCUT2D eigenvalue weighted by molar-refractivity contribution is -0.00772. The minimum atomic E-state index is -2.58. The molecule has 4 atom stereocenters. The topological polar surface area (TPSA) is 244 Å². The van der Waals surface area contributed by atoms with Crippen LogP contribution in [0.4, 0.5) is 0 Å². The minimum absolute atomic E-state index is 0. The Hall–Kier alpha value is -1.13. The number of likely N-dealkylation sites (N-methyl/N-ethyl adjacent to an activating group) is 4. The van der Waals surface area contributed by atoms with Gasteiger partial charge >= 0.3 is 17.6 Å². The molecule has 0 aromatic rings. The van der Waals surface area contributed by atoms with Gasteiger partial charge in [-0.05, 0) is 69.2 Å². The molecule has 0 radical (unpaired) electrons. The smallest absolute Gasteiger partial charge is 0.389 e. The molecule has 0 aliphatic carbocycles. The van der Waals surface area contributed by atoms with E-state index in [-0.39, 0.29) is 26.2 Å². The molecule has 0 aromatic heterocycles. The summed E-state index contributed by atoms with van der Waals surface area (Å²) in [6.07, 6.45) is 4.96. The highest BCUT2D eigenvalue weighted by atomic mass is 28.4. The zero-order chi connectivity index (χ0) is 64.2. The molecule has 1 aliphatic heterocycles. The van der Waals surface area contributed by atoms with Crippen molar-refractivity contribution in [1.82, 2.24) is 61.7 Å². The van der Waals surface area contributed by atoms with Crippen molar-refractivity contribution >= 4 is 17.6 Å². The van der Waals surface area contributed by atoms with Gasteiger partial charge in [0, 0.05) is 205 Å². The van der Waals surface area contributed by atoms with Gasteiger partial charge in [-0.2, -0.15) is 0 Å². The Morgan fingerprint density at radius 3 is 1.22 bits per heavy atom. The van der Waals surface area contributed by atoms with Gasteiger partial charge in [-0.25, -0.2) is 0 Å². The van der Waals surface area contributed by atoms with E-state index in [9.17, 15) is 5.11 Å². The van der Waals surface area contributed by atoms with Crippen LogP contribution in [-0.4, -0.2) is 381 Å². The number of rotatable bonds is 64. The van der Waals surface area contributed by atoms with Crippen molar-refractivity contribution in [2.24, 2.45) is 0 Å². The van der Waals surface area contributed by atoms with Crippen LogP contribution in [-0.2, 0) is 59.7 Å². The molecule has 0 bridgehead atoms. The summed E-state index contributed by atoms with van der Waals surface area (Å²) in [4.78, 5) is 10.9. The molecule has 8 N–H and O–H groups in total. The second-order valence-electron chi connectivity index (χ2n) is 21.9. The number of aliphatic hydroxyl groups is 1. The fraction of sp³-hybridized carbons (Fsp3) is 0.932. The van der Waals surface area contributed by atoms with Crippen molar-refractivity contribution in [1.29, 1.82) is 0 Å². The zero-order valence-electron chi connectivity index (χ0n) is 56.8. The summed E-state index contributed by atoms with van der Waals surface area (Å²) in [5, 5.41) is 34.7. The third-order valence-corrected chi connectivity index (χ3v) is 18.8.